The van der Waals surface area contributed by atoms with E-state index in [2.05, 4.69) is 21.2 Å². The third kappa shape index (κ3) is 6.15. The zero-order chi connectivity index (χ0) is 12.5. The van der Waals surface area contributed by atoms with E-state index >= 15 is 0 Å². The van der Waals surface area contributed by atoms with Crippen LogP contribution in [0.3, 0.4) is 0 Å². The lowest BCUT2D eigenvalue weighted by molar-refractivity contribution is 0.282. The summed E-state index contributed by atoms with van der Waals surface area (Å²) in [5, 5.41) is 11.9. The van der Waals surface area contributed by atoms with Crippen molar-refractivity contribution in [2.45, 2.75) is 32.2 Å². The van der Waals surface area contributed by atoms with Gasteiger partial charge >= 0.3 is 0 Å². The van der Waals surface area contributed by atoms with Crippen molar-refractivity contribution in [3.8, 4) is 0 Å². The van der Waals surface area contributed by atoms with Crippen LogP contribution in [0.2, 0.25) is 0 Å². The normalized spacial score (nSPS) is 10.8. The third-order valence-electron chi connectivity index (χ3n) is 2.58. The summed E-state index contributed by atoms with van der Waals surface area (Å²) in [5.74, 6) is -0.201. The molecule has 0 aliphatic carbocycles. The van der Waals surface area contributed by atoms with E-state index < -0.39 is 0 Å². The molecule has 0 aliphatic heterocycles. The van der Waals surface area contributed by atoms with Crippen LogP contribution >= 0.6 is 15.9 Å². The predicted molar refractivity (Wildman–Crippen MR) is 71.4 cm³/mol. The van der Waals surface area contributed by atoms with E-state index in [1.165, 1.54) is 6.07 Å². The van der Waals surface area contributed by atoms with E-state index in [4.69, 9.17) is 5.11 Å². The van der Waals surface area contributed by atoms with Gasteiger partial charge in [0.15, 0.2) is 0 Å². The molecule has 0 atom stereocenters. The SMILES string of the molecule is OCCCCCCNCc1cc(F)ccc1Br. The van der Waals surface area contributed by atoms with E-state index in [1.807, 2.05) is 0 Å². The van der Waals surface area contributed by atoms with Crippen molar-refractivity contribution in [3.63, 3.8) is 0 Å². The largest absolute Gasteiger partial charge is 0.396 e. The highest BCUT2D eigenvalue weighted by Crippen LogP contribution is 2.17. The minimum absolute atomic E-state index is 0.201. The number of aliphatic hydroxyl groups excluding tert-OH is 1. The van der Waals surface area contributed by atoms with Gasteiger partial charge in [-0.25, -0.2) is 4.39 Å². The smallest absolute Gasteiger partial charge is 0.123 e. The number of rotatable bonds is 8. The molecular weight excluding hydrogens is 285 g/mol. The minimum Gasteiger partial charge on any atom is -0.396 e. The summed E-state index contributed by atoms with van der Waals surface area (Å²) in [6.45, 7) is 1.89. The molecule has 1 aromatic rings. The Kier molecular flexibility index (Phi) is 7.40. The molecular formula is C13H19BrFNO. The van der Waals surface area contributed by atoms with Gasteiger partial charge in [-0.1, -0.05) is 28.8 Å². The molecule has 0 unspecified atom stereocenters. The van der Waals surface area contributed by atoms with Gasteiger partial charge in [-0.3, -0.25) is 0 Å². The molecule has 0 radical (unpaired) electrons. The highest BCUT2D eigenvalue weighted by molar-refractivity contribution is 9.10. The van der Waals surface area contributed by atoms with Crippen molar-refractivity contribution >= 4 is 15.9 Å². The molecule has 0 aliphatic rings. The highest BCUT2D eigenvalue weighted by atomic mass is 79.9. The van der Waals surface area contributed by atoms with Crippen molar-refractivity contribution in [2.75, 3.05) is 13.2 Å². The molecule has 0 heterocycles. The molecule has 2 N–H and O–H groups in total. The minimum atomic E-state index is -0.201. The van der Waals surface area contributed by atoms with E-state index in [1.54, 1.807) is 12.1 Å². The number of aliphatic hydroxyl groups is 1. The average Bonchev–Trinajstić information content (AvgIpc) is 2.32. The number of halogens is 2. The van der Waals surface area contributed by atoms with Crippen LogP contribution in [-0.4, -0.2) is 18.3 Å². The first kappa shape index (κ1) is 14.6. The number of hydrogen-bond donors (Lipinski definition) is 2. The molecule has 0 spiro atoms. The molecule has 1 aromatic carbocycles. The zero-order valence-electron chi connectivity index (χ0n) is 9.88. The molecule has 0 bridgehead atoms. The third-order valence-corrected chi connectivity index (χ3v) is 3.36. The molecule has 4 heteroatoms. The van der Waals surface area contributed by atoms with Crippen LogP contribution in [0.1, 0.15) is 31.2 Å². The molecule has 96 valence electrons. The van der Waals surface area contributed by atoms with Crippen LogP contribution in [-0.2, 0) is 6.54 Å². The van der Waals surface area contributed by atoms with Gasteiger partial charge in [-0.05, 0) is 43.1 Å². The number of unbranched alkanes of at least 4 members (excludes halogenated alkanes) is 3. The van der Waals surface area contributed by atoms with Gasteiger partial charge in [-0.15, -0.1) is 0 Å². The van der Waals surface area contributed by atoms with Gasteiger partial charge in [0.25, 0.3) is 0 Å². The van der Waals surface area contributed by atoms with Crippen LogP contribution in [0.5, 0.6) is 0 Å². The van der Waals surface area contributed by atoms with Crippen LogP contribution in [0.25, 0.3) is 0 Å². The number of nitrogens with one attached hydrogen (secondary N) is 1. The van der Waals surface area contributed by atoms with Crippen molar-refractivity contribution in [3.05, 3.63) is 34.1 Å². The average molecular weight is 304 g/mol. The van der Waals surface area contributed by atoms with Gasteiger partial charge in [-0.2, -0.15) is 0 Å². The molecule has 1 rings (SSSR count). The van der Waals surface area contributed by atoms with E-state index in [0.29, 0.717) is 6.54 Å². The summed E-state index contributed by atoms with van der Waals surface area (Å²) in [7, 11) is 0. The molecule has 17 heavy (non-hydrogen) atoms. The van der Waals surface area contributed by atoms with E-state index in [0.717, 1.165) is 42.3 Å². The Hall–Kier alpha value is -0.450. The quantitative estimate of drug-likeness (QED) is 0.723. The van der Waals surface area contributed by atoms with Crippen molar-refractivity contribution in [1.29, 1.82) is 0 Å². The van der Waals surface area contributed by atoms with Crippen LogP contribution in [0, 0.1) is 5.82 Å². The topological polar surface area (TPSA) is 32.3 Å². The van der Waals surface area contributed by atoms with Crippen LogP contribution in [0.4, 0.5) is 4.39 Å². The number of hydrogen-bond acceptors (Lipinski definition) is 2. The maximum Gasteiger partial charge on any atom is 0.123 e. The van der Waals surface area contributed by atoms with Gasteiger partial charge in [0.05, 0.1) is 0 Å². The Balaban J connectivity index is 2.15. The summed E-state index contributed by atoms with van der Waals surface area (Å²) < 4.78 is 13.9. The summed E-state index contributed by atoms with van der Waals surface area (Å²) in [5.41, 5.74) is 0.945. The highest BCUT2D eigenvalue weighted by Gasteiger charge is 2.00. The Morgan fingerprint density at radius 3 is 2.71 bits per heavy atom. The Labute approximate surface area is 110 Å². The second-order valence-corrected chi connectivity index (χ2v) is 4.90. The van der Waals surface area contributed by atoms with Crippen molar-refractivity contribution in [1.82, 2.24) is 5.32 Å². The van der Waals surface area contributed by atoms with Gasteiger partial charge in [0.2, 0.25) is 0 Å². The lowest BCUT2D eigenvalue weighted by Crippen LogP contribution is -2.15. The summed E-state index contributed by atoms with van der Waals surface area (Å²) in [6, 6.07) is 4.72. The molecule has 0 aromatic heterocycles. The zero-order valence-corrected chi connectivity index (χ0v) is 11.5. The summed E-state index contributed by atoms with van der Waals surface area (Å²) in [6.07, 6.45) is 4.17. The Bertz CT molecular complexity index is 333. The maximum absolute atomic E-state index is 13.0. The van der Waals surface area contributed by atoms with E-state index in [-0.39, 0.29) is 12.4 Å². The van der Waals surface area contributed by atoms with Gasteiger partial charge in [0, 0.05) is 17.6 Å². The molecule has 0 saturated heterocycles. The Morgan fingerprint density at radius 1 is 1.18 bits per heavy atom. The Morgan fingerprint density at radius 2 is 1.94 bits per heavy atom. The first-order chi connectivity index (χ1) is 8.24. The molecule has 0 saturated carbocycles. The lowest BCUT2D eigenvalue weighted by Gasteiger charge is -2.07. The molecule has 0 fully saturated rings. The summed E-state index contributed by atoms with van der Waals surface area (Å²) >= 11 is 3.40. The molecule has 2 nitrogen and oxygen atoms in total. The van der Waals surface area contributed by atoms with Crippen LogP contribution in [0.15, 0.2) is 22.7 Å². The van der Waals surface area contributed by atoms with Crippen molar-refractivity contribution in [2.24, 2.45) is 0 Å². The second kappa shape index (κ2) is 8.61. The summed E-state index contributed by atoms with van der Waals surface area (Å²) in [4.78, 5) is 0. The number of benzene rings is 1. The fourth-order valence-corrected chi connectivity index (χ4v) is 2.00. The monoisotopic (exact) mass is 303 g/mol. The van der Waals surface area contributed by atoms with Crippen LogP contribution < -0.4 is 5.32 Å². The first-order valence-corrected chi connectivity index (χ1v) is 6.79. The lowest BCUT2D eigenvalue weighted by atomic mass is 10.2. The predicted octanol–water partition coefficient (Wildman–Crippen LogP) is 3.23. The first-order valence-electron chi connectivity index (χ1n) is 5.99. The second-order valence-electron chi connectivity index (χ2n) is 4.05. The fraction of sp³-hybridized carbons (Fsp3) is 0.538. The molecule has 0 amide bonds. The van der Waals surface area contributed by atoms with Gasteiger partial charge < -0.3 is 10.4 Å². The van der Waals surface area contributed by atoms with Crippen molar-refractivity contribution < 1.29 is 9.50 Å². The van der Waals surface area contributed by atoms with E-state index in [9.17, 15) is 4.39 Å². The van der Waals surface area contributed by atoms with Gasteiger partial charge in [0.1, 0.15) is 5.82 Å². The fourth-order valence-electron chi connectivity index (χ4n) is 1.62. The standard InChI is InChI=1S/C13H19BrFNO/c14-13-6-5-12(15)9-11(13)10-16-7-3-1-2-4-8-17/h5-6,9,16-17H,1-4,7-8,10H2. The maximum atomic E-state index is 13.0.